The van der Waals surface area contributed by atoms with Crippen molar-refractivity contribution in [3.63, 3.8) is 0 Å². The van der Waals surface area contributed by atoms with E-state index in [2.05, 4.69) is 125 Å². The van der Waals surface area contributed by atoms with Crippen LogP contribution in [0.2, 0.25) is 0 Å². The number of hydrogen-bond donors (Lipinski definition) is 0. The summed E-state index contributed by atoms with van der Waals surface area (Å²) in [7, 11) is 0. The van der Waals surface area contributed by atoms with Crippen molar-refractivity contribution in [3.8, 4) is 73.6 Å². The van der Waals surface area contributed by atoms with Gasteiger partial charge in [0.05, 0.1) is 11.6 Å². The minimum absolute atomic E-state index is 0.164. The van der Waals surface area contributed by atoms with Crippen molar-refractivity contribution in [1.82, 2.24) is 24.9 Å². The summed E-state index contributed by atoms with van der Waals surface area (Å²) in [5.41, 5.74) is 13.7. The molecular weight excluding hydrogens is 733 g/mol. The number of rotatable bonds is 8. The van der Waals surface area contributed by atoms with Crippen molar-refractivity contribution >= 4 is 0 Å². The summed E-state index contributed by atoms with van der Waals surface area (Å²) in [4.78, 5) is 23.7. The van der Waals surface area contributed by atoms with Gasteiger partial charge in [0.15, 0.2) is 17.5 Å². The number of pyridine rings is 2. The lowest BCUT2D eigenvalue weighted by atomic mass is 9.41. The molecule has 0 N–H and O–H groups in total. The topological polar surface area (TPSA) is 88.2 Å². The van der Waals surface area contributed by atoms with Crippen molar-refractivity contribution < 1.29 is 0 Å². The molecule has 6 heteroatoms. The molecule has 288 valence electrons. The standard InChI is InChI=1S/C54H42N6/c55-34-36-1-3-39(4-2-36)42-13-17-48(18-14-42)53-30-37-29-38(31-53)33-54(32-37,35-53)49-19-15-47(16-20-49)52-59-50(45-9-5-40(6-10-45)43-21-25-56-26-22-43)58-51(60-52)46-11-7-41(8-12-46)44-23-27-57-28-24-44/h1-28,37-38H,29-33,35H2. The van der Waals surface area contributed by atoms with Gasteiger partial charge in [0, 0.05) is 41.5 Å². The van der Waals surface area contributed by atoms with Gasteiger partial charge in [-0.05, 0) is 142 Å². The lowest BCUT2D eigenvalue weighted by Gasteiger charge is -2.63. The fourth-order valence-corrected chi connectivity index (χ4v) is 11.1. The van der Waals surface area contributed by atoms with Crippen LogP contribution in [-0.2, 0) is 10.8 Å². The van der Waals surface area contributed by atoms with E-state index in [9.17, 15) is 5.26 Å². The Morgan fingerprint density at radius 2 is 0.683 bits per heavy atom. The highest BCUT2D eigenvalue weighted by Gasteiger charge is 2.58. The van der Waals surface area contributed by atoms with Gasteiger partial charge in [-0.25, -0.2) is 15.0 Å². The molecule has 4 aliphatic rings. The Morgan fingerprint density at radius 3 is 1.05 bits per heavy atom. The third kappa shape index (κ3) is 6.57. The maximum absolute atomic E-state index is 9.27. The molecule has 2 unspecified atom stereocenters. The van der Waals surface area contributed by atoms with E-state index in [-0.39, 0.29) is 10.8 Å². The molecule has 4 aliphatic carbocycles. The Balaban J connectivity index is 0.918. The van der Waals surface area contributed by atoms with E-state index >= 15 is 0 Å². The van der Waals surface area contributed by atoms with Gasteiger partial charge in [0.25, 0.3) is 0 Å². The highest BCUT2D eigenvalue weighted by Crippen LogP contribution is 2.66. The fourth-order valence-electron chi connectivity index (χ4n) is 11.1. The van der Waals surface area contributed by atoms with Gasteiger partial charge in [0.1, 0.15) is 0 Å². The molecule has 3 heterocycles. The molecule has 60 heavy (non-hydrogen) atoms. The Hall–Kier alpha value is -7.10. The highest BCUT2D eigenvalue weighted by molar-refractivity contribution is 5.72. The quantitative estimate of drug-likeness (QED) is 0.153. The Bertz CT molecular complexity index is 2730. The van der Waals surface area contributed by atoms with Crippen LogP contribution in [0.25, 0.3) is 67.5 Å². The van der Waals surface area contributed by atoms with Crippen LogP contribution in [0.4, 0.5) is 0 Å². The first-order chi connectivity index (χ1) is 29.5. The van der Waals surface area contributed by atoms with Crippen molar-refractivity contribution in [2.75, 3.05) is 0 Å². The predicted octanol–water partition coefficient (Wildman–Crippen LogP) is 12.3. The fraction of sp³-hybridized carbons (Fsp3) is 0.185. The molecule has 4 fully saturated rings. The van der Waals surface area contributed by atoms with Crippen molar-refractivity contribution in [3.05, 3.63) is 187 Å². The zero-order valence-corrected chi connectivity index (χ0v) is 33.2. The molecule has 2 atom stereocenters. The Kier molecular flexibility index (Phi) is 8.78. The summed E-state index contributed by atoms with van der Waals surface area (Å²) in [5, 5.41) is 9.27. The smallest absolute Gasteiger partial charge is 0.164 e. The summed E-state index contributed by atoms with van der Waals surface area (Å²) < 4.78 is 0. The summed E-state index contributed by atoms with van der Waals surface area (Å²) in [6, 6.07) is 53.7. The molecular formula is C54H42N6. The van der Waals surface area contributed by atoms with E-state index in [1.54, 1.807) is 0 Å². The maximum atomic E-state index is 9.27. The lowest BCUT2D eigenvalue weighted by molar-refractivity contribution is -0.0281. The minimum atomic E-state index is 0.164. The molecule has 4 saturated carbocycles. The SMILES string of the molecule is N#Cc1ccc(-c2ccc(C34CC5CC(C3)CC(c3ccc(-c6nc(-c7ccc(-c8ccncc8)cc7)nc(-c7ccc(-c8ccncc8)cc7)n6)cc3)(C5)C4)cc2)cc1. The van der Waals surface area contributed by atoms with E-state index in [0.29, 0.717) is 23.0 Å². The van der Waals surface area contributed by atoms with Gasteiger partial charge in [0.2, 0.25) is 0 Å². The van der Waals surface area contributed by atoms with Gasteiger partial charge in [-0.3, -0.25) is 9.97 Å². The number of aromatic nitrogens is 5. The van der Waals surface area contributed by atoms with Gasteiger partial charge in [-0.15, -0.1) is 0 Å². The van der Waals surface area contributed by atoms with Gasteiger partial charge < -0.3 is 0 Å². The van der Waals surface area contributed by atoms with Crippen LogP contribution in [-0.4, -0.2) is 24.9 Å². The number of benzene rings is 5. The second-order valence-electron chi connectivity index (χ2n) is 17.3. The molecule has 0 spiro atoms. The molecule has 8 aromatic rings. The first kappa shape index (κ1) is 36.0. The molecule has 6 nitrogen and oxygen atoms in total. The third-order valence-electron chi connectivity index (χ3n) is 13.6. The third-order valence-corrected chi connectivity index (χ3v) is 13.6. The number of nitrogens with zero attached hydrogens (tertiary/aromatic N) is 6. The van der Waals surface area contributed by atoms with Crippen LogP contribution in [0, 0.1) is 23.2 Å². The molecule has 0 saturated heterocycles. The van der Waals surface area contributed by atoms with E-state index in [4.69, 9.17) is 15.0 Å². The average molecular weight is 775 g/mol. The second kappa shape index (κ2) is 14.6. The van der Waals surface area contributed by atoms with E-state index in [1.807, 2.05) is 61.2 Å². The van der Waals surface area contributed by atoms with Gasteiger partial charge >= 0.3 is 0 Å². The molecule has 5 aromatic carbocycles. The Morgan fingerprint density at radius 1 is 0.383 bits per heavy atom. The van der Waals surface area contributed by atoms with Crippen molar-refractivity contribution in [2.45, 2.75) is 49.4 Å². The second-order valence-corrected chi connectivity index (χ2v) is 17.3. The molecule has 4 bridgehead atoms. The molecule has 0 radical (unpaired) electrons. The van der Waals surface area contributed by atoms with Crippen LogP contribution in [0.15, 0.2) is 170 Å². The zero-order valence-electron chi connectivity index (χ0n) is 33.2. The average Bonchev–Trinajstić information content (AvgIpc) is 3.32. The van der Waals surface area contributed by atoms with E-state index in [0.717, 1.165) is 56.3 Å². The summed E-state index contributed by atoms with van der Waals surface area (Å²) in [6.45, 7) is 0. The van der Waals surface area contributed by atoms with Crippen LogP contribution >= 0.6 is 0 Å². The monoisotopic (exact) mass is 774 g/mol. The predicted molar refractivity (Wildman–Crippen MR) is 237 cm³/mol. The summed E-state index contributed by atoms with van der Waals surface area (Å²) in [5.74, 6) is 3.45. The summed E-state index contributed by atoms with van der Waals surface area (Å²) in [6.07, 6.45) is 14.9. The first-order valence-electron chi connectivity index (χ1n) is 21.0. The van der Waals surface area contributed by atoms with Gasteiger partial charge in [-0.2, -0.15) is 5.26 Å². The molecule has 0 amide bonds. The van der Waals surface area contributed by atoms with E-state index in [1.165, 1.54) is 55.2 Å². The lowest BCUT2D eigenvalue weighted by Crippen LogP contribution is -2.55. The largest absolute Gasteiger partial charge is 0.265 e. The summed E-state index contributed by atoms with van der Waals surface area (Å²) >= 11 is 0. The van der Waals surface area contributed by atoms with Gasteiger partial charge in [-0.1, -0.05) is 109 Å². The molecule has 0 aliphatic heterocycles. The minimum Gasteiger partial charge on any atom is -0.265 e. The van der Waals surface area contributed by atoms with E-state index < -0.39 is 0 Å². The molecule has 3 aromatic heterocycles. The number of nitriles is 1. The van der Waals surface area contributed by atoms with Crippen LogP contribution in [0.1, 0.15) is 55.2 Å². The van der Waals surface area contributed by atoms with Crippen LogP contribution < -0.4 is 0 Å². The maximum Gasteiger partial charge on any atom is 0.164 e. The first-order valence-corrected chi connectivity index (χ1v) is 21.0. The van der Waals surface area contributed by atoms with Crippen molar-refractivity contribution in [1.29, 1.82) is 5.26 Å². The number of hydrogen-bond acceptors (Lipinski definition) is 6. The zero-order chi connectivity index (χ0) is 40.1. The van der Waals surface area contributed by atoms with Crippen LogP contribution in [0.5, 0.6) is 0 Å². The normalized spacial score (nSPS) is 21.4. The highest BCUT2D eigenvalue weighted by atomic mass is 15.0. The molecule has 12 rings (SSSR count). The van der Waals surface area contributed by atoms with Crippen LogP contribution in [0.3, 0.4) is 0 Å². The van der Waals surface area contributed by atoms with Crippen molar-refractivity contribution in [2.24, 2.45) is 11.8 Å². The Labute approximate surface area is 350 Å².